The van der Waals surface area contributed by atoms with E-state index in [1.807, 2.05) is 12.1 Å². The van der Waals surface area contributed by atoms with Crippen molar-refractivity contribution >= 4 is 11.6 Å². The van der Waals surface area contributed by atoms with Crippen molar-refractivity contribution in [2.45, 2.75) is 49.4 Å². The number of halogens is 4. The molecule has 2 aliphatic rings. The molecule has 4 nitrogen and oxygen atoms in total. The predicted molar refractivity (Wildman–Crippen MR) is 89.0 cm³/mol. The lowest BCUT2D eigenvalue weighted by Crippen LogP contribution is -2.51. The van der Waals surface area contributed by atoms with Crippen LogP contribution in [0.15, 0.2) is 30.1 Å². The van der Waals surface area contributed by atoms with Crippen LogP contribution >= 0.6 is 11.6 Å². The highest BCUT2D eigenvalue weighted by Gasteiger charge is 2.51. The Kier molecular flexibility index (Phi) is 4.96. The molecule has 0 amide bonds. The van der Waals surface area contributed by atoms with Gasteiger partial charge in [-0.05, 0) is 43.4 Å². The molecule has 2 unspecified atom stereocenters. The average molecular weight is 381 g/mol. The molecule has 2 fully saturated rings. The molecule has 3 rings (SSSR count). The van der Waals surface area contributed by atoms with Gasteiger partial charge in [0.15, 0.2) is 0 Å². The van der Waals surface area contributed by atoms with Crippen molar-refractivity contribution < 1.29 is 13.2 Å². The van der Waals surface area contributed by atoms with Gasteiger partial charge in [-0.1, -0.05) is 11.6 Å². The topological polar surface area (TPSA) is 63.7 Å². The first-order valence-corrected chi connectivity index (χ1v) is 8.61. The minimum absolute atomic E-state index is 0.0475. The van der Waals surface area contributed by atoms with Crippen molar-refractivity contribution in [3.63, 3.8) is 0 Å². The lowest BCUT2D eigenvalue weighted by molar-refractivity contribution is -0.156. The Labute approximate surface area is 154 Å². The fraction of sp³-hybridized carbons (Fsp3) is 0.500. The summed E-state index contributed by atoms with van der Waals surface area (Å²) >= 11 is 6.06. The molecule has 1 aromatic heterocycles. The lowest BCUT2D eigenvalue weighted by atomic mass is 9.69. The Hall–Kier alpha value is -2.09. The molecule has 2 saturated heterocycles. The van der Waals surface area contributed by atoms with E-state index in [0.29, 0.717) is 30.7 Å². The molecule has 0 radical (unpaired) electrons. The van der Waals surface area contributed by atoms with E-state index in [1.54, 1.807) is 18.3 Å². The monoisotopic (exact) mass is 380 g/mol. The average Bonchev–Trinajstić information content (AvgIpc) is 2.81. The molecule has 26 heavy (non-hydrogen) atoms. The number of rotatable bonds is 3. The van der Waals surface area contributed by atoms with Crippen LogP contribution in [-0.4, -0.2) is 34.7 Å². The zero-order valence-electron chi connectivity index (χ0n) is 13.8. The second-order valence-electron chi connectivity index (χ2n) is 6.91. The summed E-state index contributed by atoms with van der Waals surface area (Å²) < 4.78 is 38.8. The number of fused-ring (bicyclic) bond motifs is 2. The number of allylic oxidation sites excluding steroid dienone is 2. The van der Waals surface area contributed by atoms with Crippen LogP contribution in [0.3, 0.4) is 0 Å². The van der Waals surface area contributed by atoms with Crippen LogP contribution in [0.5, 0.6) is 0 Å². The molecule has 2 atom stereocenters. The zero-order chi connectivity index (χ0) is 18.9. The fourth-order valence-electron chi connectivity index (χ4n) is 4.33. The van der Waals surface area contributed by atoms with Crippen LogP contribution in [-0.2, 0) is 5.41 Å². The predicted octanol–water partition coefficient (Wildman–Crippen LogP) is 4.14. The number of pyridine rings is 1. The molecule has 0 spiro atoms. The van der Waals surface area contributed by atoms with Gasteiger partial charge in [0.1, 0.15) is 17.7 Å². The van der Waals surface area contributed by atoms with Crippen molar-refractivity contribution in [1.82, 2.24) is 9.88 Å². The third-order valence-electron chi connectivity index (χ3n) is 5.27. The summed E-state index contributed by atoms with van der Waals surface area (Å²) in [4.78, 5) is 5.61. The SMILES string of the molecule is N#CC(C#N)=CC1(c2cncc(Cl)c2)CC2CCC(C1)N2CC(F)(F)F. The van der Waals surface area contributed by atoms with Crippen LogP contribution in [0.25, 0.3) is 0 Å². The van der Waals surface area contributed by atoms with Gasteiger partial charge in [0.25, 0.3) is 0 Å². The van der Waals surface area contributed by atoms with Crippen molar-refractivity contribution in [3.8, 4) is 12.1 Å². The summed E-state index contributed by atoms with van der Waals surface area (Å²) in [6.45, 7) is -0.931. The van der Waals surface area contributed by atoms with E-state index >= 15 is 0 Å². The number of nitriles is 2. The maximum Gasteiger partial charge on any atom is 0.401 e. The number of hydrogen-bond acceptors (Lipinski definition) is 4. The highest BCUT2D eigenvalue weighted by Crippen LogP contribution is 2.49. The summed E-state index contributed by atoms with van der Waals surface area (Å²) in [6.07, 6.45) is 2.56. The number of hydrogen-bond donors (Lipinski definition) is 0. The van der Waals surface area contributed by atoms with Crippen LogP contribution < -0.4 is 0 Å². The Morgan fingerprint density at radius 3 is 2.38 bits per heavy atom. The first kappa shape index (κ1) is 18.7. The first-order chi connectivity index (χ1) is 12.3. The van der Waals surface area contributed by atoms with E-state index in [-0.39, 0.29) is 17.7 Å². The van der Waals surface area contributed by atoms with Gasteiger partial charge < -0.3 is 0 Å². The van der Waals surface area contributed by atoms with Crippen molar-refractivity contribution in [3.05, 3.63) is 40.7 Å². The van der Waals surface area contributed by atoms with Gasteiger partial charge >= 0.3 is 6.18 Å². The molecule has 0 aromatic carbocycles. The summed E-state index contributed by atoms with van der Waals surface area (Å²) in [6, 6.07) is 4.92. The molecule has 2 bridgehead atoms. The second kappa shape index (κ2) is 6.90. The smallest absolute Gasteiger partial charge is 0.289 e. The number of alkyl halides is 3. The first-order valence-electron chi connectivity index (χ1n) is 8.23. The third kappa shape index (κ3) is 3.70. The highest BCUT2D eigenvalue weighted by atomic mass is 35.5. The van der Waals surface area contributed by atoms with Crippen LogP contribution in [0, 0.1) is 22.7 Å². The number of nitrogens with zero attached hydrogens (tertiary/aromatic N) is 4. The second-order valence-corrected chi connectivity index (χ2v) is 7.35. The van der Waals surface area contributed by atoms with Crippen LogP contribution in [0.4, 0.5) is 13.2 Å². The van der Waals surface area contributed by atoms with Gasteiger partial charge in [-0.25, -0.2) is 0 Å². The zero-order valence-corrected chi connectivity index (χ0v) is 14.6. The van der Waals surface area contributed by atoms with E-state index in [9.17, 15) is 23.7 Å². The normalized spacial score (nSPS) is 28.2. The van der Waals surface area contributed by atoms with E-state index in [1.165, 1.54) is 11.1 Å². The molecule has 0 saturated carbocycles. The van der Waals surface area contributed by atoms with Gasteiger partial charge in [-0.15, -0.1) is 0 Å². The maximum absolute atomic E-state index is 12.9. The maximum atomic E-state index is 12.9. The van der Waals surface area contributed by atoms with E-state index in [4.69, 9.17) is 11.6 Å². The standard InChI is InChI=1S/C18H16ClF3N4/c19-14-3-13(9-25-10-14)17(4-12(7-23)8-24)5-15-1-2-16(6-17)26(15)11-18(20,21)22/h3-4,9-10,15-16H,1-2,5-6,11H2. The molecule has 3 heterocycles. The van der Waals surface area contributed by atoms with Crippen LogP contribution in [0.1, 0.15) is 31.2 Å². The van der Waals surface area contributed by atoms with Gasteiger partial charge in [0.2, 0.25) is 0 Å². The van der Waals surface area contributed by atoms with Crippen molar-refractivity contribution in [2.75, 3.05) is 6.54 Å². The summed E-state index contributed by atoms with van der Waals surface area (Å²) in [5, 5.41) is 18.8. The minimum Gasteiger partial charge on any atom is -0.289 e. The number of aromatic nitrogens is 1. The molecule has 0 aliphatic carbocycles. The Morgan fingerprint density at radius 1 is 1.27 bits per heavy atom. The Morgan fingerprint density at radius 2 is 1.88 bits per heavy atom. The van der Waals surface area contributed by atoms with E-state index in [0.717, 1.165) is 5.56 Å². The largest absolute Gasteiger partial charge is 0.401 e. The molecular weight excluding hydrogens is 365 g/mol. The molecule has 0 N–H and O–H groups in total. The highest BCUT2D eigenvalue weighted by molar-refractivity contribution is 6.30. The fourth-order valence-corrected chi connectivity index (χ4v) is 4.50. The third-order valence-corrected chi connectivity index (χ3v) is 5.48. The molecular formula is C18H16ClF3N4. The van der Waals surface area contributed by atoms with Crippen molar-refractivity contribution in [1.29, 1.82) is 10.5 Å². The Balaban J connectivity index is 2.02. The molecule has 8 heteroatoms. The summed E-state index contributed by atoms with van der Waals surface area (Å²) in [7, 11) is 0. The van der Waals surface area contributed by atoms with Crippen molar-refractivity contribution in [2.24, 2.45) is 0 Å². The Bertz CT molecular complexity index is 776. The number of piperidine rings is 1. The summed E-state index contributed by atoms with van der Waals surface area (Å²) in [5.74, 6) is 0. The van der Waals surface area contributed by atoms with Crippen LogP contribution in [0.2, 0.25) is 5.02 Å². The quantitative estimate of drug-likeness (QED) is 0.739. The van der Waals surface area contributed by atoms with Gasteiger partial charge in [-0.2, -0.15) is 23.7 Å². The van der Waals surface area contributed by atoms with Gasteiger partial charge in [-0.3, -0.25) is 9.88 Å². The molecule has 1 aromatic rings. The minimum atomic E-state index is -4.25. The molecule has 136 valence electrons. The van der Waals surface area contributed by atoms with E-state index in [2.05, 4.69) is 4.98 Å². The lowest BCUT2D eigenvalue weighted by Gasteiger charge is -2.45. The summed E-state index contributed by atoms with van der Waals surface area (Å²) in [5.41, 5.74) is -0.0303. The van der Waals surface area contributed by atoms with Gasteiger partial charge in [0, 0.05) is 29.9 Å². The molecule has 2 aliphatic heterocycles. The van der Waals surface area contributed by atoms with E-state index < -0.39 is 18.1 Å². The van der Waals surface area contributed by atoms with Gasteiger partial charge in [0.05, 0.1) is 11.6 Å².